The van der Waals surface area contributed by atoms with Crippen LogP contribution in [0.4, 0.5) is 5.69 Å². The molecule has 0 saturated carbocycles. The maximum absolute atomic E-state index is 6.12. The summed E-state index contributed by atoms with van der Waals surface area (Å²) in [5.74, 6) is 2.42. The van der Waals surface area contributed by atoms with E-state index in [-0.39, 0.29) is 6.79 Å². The molecule has 1 aliphatic rings. The van der Waals surface area contributed by atoms with Crippen molar-refractivity contribution in [2.45, 2.75) is 20.1 Å². The Hall–Kier alpha value is -2.66. The van der Waals surface area contributed by atoms with Gasteiger partial charge >= 0.3 is 0 Å². The summed E-state index contributed by atoms with van der Waals surface area (Å²) in [6, 6.07) is 20.2. The molecule has 27 heavy (non-hydrogen) atoms. The average Bonchev–Trinajstić information content (AvgIpc) is 3.14. The van der Waals surface area contributed by atoms with Gasteiger partial charge in [-0.25, -0.2) is 0 Å². The van der Waals surface area contributed by atoms with Crippen molar-refractivity contribution in [3.8, 4) is 17.2 Å². The van der Waals surface area contributed by atoms with Gasteiger partial charge in [0, 0.05) is 28.3 Å². The molecule has 0 amide bonds. The lowest BCUT2D eigenvalue weighted by atomic mass is 10.1. The number of halogens is 1. The van der Waals surface area contributed by atoms with E-state index in [1.807, 2.05) is 42.5 Å². The fraction of sp³-hybridized carbons (Fsp3) is 0.182. The van der Waals surface area contributed by atoms with E-state index in [9.17, 15) is 0 Å². The van der Waals surface area contributed by atoms with E-state index < -0.39 is 0 Å². The van der Waals surface area contributed by atoms with Crippen LogP contribution < -0.4 is 19.5 Å². The second-order valence-electron chi connectivity index (χ2n) is 6.39. The van der Waals surface area contributed by atoms with Crippen molar-refractivity contribution in [3.63, 3.8) is 0 Å². The molecule has 138 valence electrons. The van der Waals surface area contributed by atoms with E-state index in [0.717, 1.165) is 33.0 Å². The van der Waals surface area contributed by atoms with Gasteiger partial charge in [0.25, 0.3) is 0 Å². The van der Waals surface area contributed by atoms with Gasteiger partial charge in [-0.1, -0.05) is 40.2 Å². The minimum absolute atomic E-state index is 0.279. The van der Waals surface area contributed by atoms with Crippen LogP contribution in [0.15, 0.2) is 65.1 Å². The molecule has 0 fully saturated rings. The predicted octanol–water partition coefficient (Wildman–Crippen LogP) is 5.68. The number of anilines is 1. The topological polar surface area (TPSA) is 39.7 Å². The summed E-state index contributed by atoms with van der Waals surface area (Å²) in [4.78, 5) is 0. The van der Waals surface area contributed by atoms with Crippen LogP contribution >= 0.6 is 15.9 Å². The summed E-state index contributed by atoms with van der Waals surface area (Å²) < 4.78 is 17.9. The van der Waals surface area contributed by atoms with Crippen LogP contribution in [0.3, 0.4) is 0 Å². The van der Waals surface area contributed by atoms with E-state index in [2.05, 4.69) is 46.4 Å². The molecule has 0 atom stereocenters. The van der Waals surface area contributed by atoms with Crippen molar-refractivity contribution in [1.29, 1.82) is 0 Å². The fourth-order valence-corrected chi connectivity index (χ4v) is 3.37. The third-order valence-electron chi connectivity index (χ3n) is 4.52. The van der Waals surface area contributed by atoms with Gasteiger partial charge in [-0.3, -0.25) is 0 Å². The van der Waals surface area contributed by atoms with Crippen molar-refractivity contribution in [3.05, 3.63) is 81.8 Å². The molecule has 1 N–H and O–H groups in total. The van der Waals surface area contributed by atoms with E-state index in [0.29, 0.717) is 13.2 Å². The Balaban J connectivity index is 1.47. The lowest BCUT2D eigenvalue weighted by Crippen LogP contribution is -2.04. The normalized spacial score (nSPS) is 12.1. The van der Waals surface area contributed by atoms with E-state index in [1.54, 1.807) is 0 Å². The number of aryl methyl sites for hydroxylation is 1. The largest absolute Gasteiger partial charge is 0.489 e. The lowest BCUT2D eigenvalue weighted by Gasteiger charge is -2.14. The quantitative estimate of drug-likeness (QED) is 0.551. The van der Waals surface area contributed by atoms with E-state index in [1.165, 1.54) is 11.1 Å². The van der Waals surface area contributed by atoms with Crippen LogP contribution in [-0.4, -0.2) is 6.79 Å². The predicted molar refractivity (Wildman–Crippen MR) is 110 cm³/mol. The molecule has 1 heterocycles. The van der Waals surface area contributed by atoms with Crippen LogP contribution in [0, 0.1) is 6.92 Å². The summed E-state index contributed by atoms with van der Waals surface area (Å²) in [7, 11) is 0. The number of fused-ring (bicyclic) bond motifs is 1. The highest BCUT2D eigenvalue weighted by atomic mass is 79.9. The molecule has 5 heteroatoms. The number of rotatable bonds is 6. The monoisotopic (exact) mass is 425 g/mol. The number of hydrogen-bond donors (Lipinski definition) is 1. The molecule has 4 nitrogen and oxygen atoms in total. The molecule has 3 aromatic carbocycles. The summed E-state index contributed by atoms with van der Waals surface area (Å²) >= 11 is 3.55. The number of hydrogen-bond acceptors (Lipinski definition) is 4. The van der Waals surface area contributed by atoms with Gasteiger partial charge in [0.05, 0.1) is 0 Å². The molecule has 0 radical (unpaired) electrons. The molecule has 0 saturated heterocycles. The van der Waals surface area contributed by atoms with Crippen LogP contribution in [0.5, 0.6) is 17.2 Å². The van der Waals surface area contributed by atoms with Gasteiger partial charge in [-0.2, -0.15) is 0 Å². The van der Waals surface area contributed by atoms with Crippen molar-refractivity contribution >= 4 is 21.6 Å². The molecule has 0 aromatic heterocycles. The average molecular weight is 426 g/mol. The first-order valence-electron chi connectivity index (χ1n) is 8.78. The number of benzene rings is 3. The molecule has 0 aliphatic carbocycles. The highest BCUT2D eigenvalue weighted by Gasteiger charge is 2.13. The van der Waals surface area contributed by atoms with E-state index >= 15 is 0 Å². The summed E-state index contributed by atoms with van der Waals surface area (Å²) in [6.07, 6.45) is 0. The second kappa shape index (κ2) is 7.92. The number of ether oxygens (including phenoxy) is 3. The first kappa shape index (κ1) is 17.7. The van der Waals surface area contributed by atoms with Crippen molar-refractivity contribution in [2.24, 2.45) is 0 Å². The zero-order valence-electron chi connectivity index (χ0n) is 15.0. The van der Waals surface area contributed by atoms with Gasteiger partial charge in [0.1, 0.15) is 12.4 Å². The van der Waals surface area contributed by atoms with Gasteiger partial charge in [-0.15, -0.1) is 0 Å². The molecule has 0 spiro atoms. The zero-order chi connectivity index (χ0) is 18.6. The third kappa shape index (κ3) is 4.19. The SMILES string of the molecule is Cc1ccccc1COc1ccc(Br)cc1CNc1ccc2c(c1)OCO2. The van der Waals surface area contributed by atoms with Gasteiger partial charge in [0.2, 0.25) is 6.79 Å². The molecule has 0 bridgehead atoms. The number of nitrogens with one attached hydrogen (secondary N) is 1. The maximum atomic E-state index is 6.12. The van der Waals surface area contributed by atoms with Gasteiger partial charge in [0.15, 0.2) is 11.5 Å². The minimum atomic E-state index is 0.279. The molecule has 0 unspecified atom stereocenters. The minimum Gasteiger partial charge on any atom is -0.489 e. The van der Waals surface area contributed by atoms with Crippen LogP contribution in [-0.2, 0) is 13.2 Å². The maximum Gasteiger partial charge on any atom is 0.231 e. The highest BCUT2D eigenvalue weighted by Crippen LogP contribution is 2.34. The van der Waals surface area contributed by atoms with Crippen LogP contribution in [0.25, 0.3) is 0 Å². The lowest BCUT2D eigenvalue weighted by molar-refractivity contribution is 0.174. The van der Waals surface area contributed by atoms with Gasteiger partial charge in [-0.05, 0) is 48.4 Å². The Morgan fingerprint density at radius 1 is 0.963 bits per heavy atom. The first-order valence-corrected chi connectivity index (χ1v) is 9.57. The van der Waals surface area contributed by atoms with E-state index in [4.69, 9.17) is 14.2 Å². The first-order chi connectivity index (χ1) is 13.2. The van der Waals surface area contributed by atoms with Crippen LogP contribution in [0.2, 0.25) is 0 Å². The smallest absolute Gasteiger partial charge is 0.231 e. The van der Waals surface area contributed by atoms with Crippen molar-refractivity contribution in [2.75, 3.05) is 12.1 Å². The van der Waals surface area contributed by atoms with Crippen molar-refractivity contribution in [1.82, 2.24) is 0 Å². The molecule has 4 rings (SSSR count). The third-order valence-corrected chi connectivity index (χ3v) is 5.02. The van der Waals surface area contributed by atoms with Crippen LogP contribution in [0.1, 0.15) is 16.7 Å². The standard InChI is InChI=1S/C22H20BrNO3/c1-15-4-2-3-5-16(15)13-25-20-8-6-18(23)10-17(20)12-24-19-7-9-21-22(11-19)27-14-26-21/h2-11,24H,12-14H2,1H3. The molecular formula is C22H20BrNO3. The molecule has 3 aromatic rings. The Morgan fingerprint density at radius 2 is 1.81 bits per heavy atom. The Labute approximate surface area is 167 Å². The second-order valence-corrected chi connectivity index (χ2v) is 7.30. The fourth-order valence-electron chi connectivity index (χ4n) is 2.96. The summed E-state index contributed by atoms with van der Waals surface area (Å²) in [6.45, 7) is 3.57. The molecule has 1 aliphatic heterocycles. The Kier molecular flexibility index (Phi) is 5.21. The highest BCUT2D eigenvalue weighted by molar-refractivity contribution is 9.10. The van der Waals surface area contributed by atoms with Gasteiger partial charge < -0.3 is 19.5 Å². The Morgan fingerprint density at radius 3 is 2.70 bits per heavy atom. The summed E-state index contributed by atoms with van der Waals surface area (Å²) in [5, 5.41) is 3.43. The zero-order valence-corrected chi connectivity index (χ0v) is 16.6. The molecular weight excluding hydrogens is 406 g/mol. The Bertz CT molecular complexity index is 958. The van der Waals surface area contributed by atoms with Crippen molar-refractivity contribution < 1.29 is 14.2 Å². The summed E-state index contributed by atoms with van der Waals surface area (Å²) in [5.41, 5.74) is 4.48.